The van der Waals surface area contributed by atoms with Gasteiger partial charge in [0.2, 0.25) is 23.6 Å². The highest BCUT2D eigenvalue weighted by Gasteiger charge is 2.42. The van der Waals surface area contributed by atoms with E-state index in [1.165, 1.54) is 0 Å². The highest BCUT2D eigenvalue weighted by molar-refractivity contribution is 7.50. The van der Waals surface area contributed by atoms with Gasteiger partial charge in [-0.05, 0) is 59.1 Å². The van der Waals surface area contributed by atoms with Gasteiger partial charge in [-0.3, -0.25) is 23.7 Å². The van der Waals surface area contributed by atoms with Crippen molar-refractivity contribution in [2.45, 2.75) is 81.4 Å². The summed E-state index contributed by atoms with van der Waals surface area (Å²) < 4.78 is 11.6. The fourth-order valence-electron chi connectivity index (χ4n) is 7.02. The molecule has 4 amide bonds. The number of nitrogens with two attached hydrogens (primary N) is 1. The summed E-state index contributed by atoms with van der Waals surface area (Å²) in [5, 5.41) is 10.9. The molecule has 12 heteroatoms. The zero-order valence-electron chi connectivity index (χ0n) is 27.5. The molecule has 0 aromatic heterocycles. The fourth-order valence-corrected chi connectivity index (χ4v) is 7.70. The Kier molecular flexibility index (Phi) is 11.7. The number of hydrogen-bond acceptors (Lipinski definition) is 5. The van der Waals surface area contributed by atoms with E-state index in [0.29, 0.717) is 44.1 Å². The molecule has 0 radical (unpaired) electrons. The van der Waals surface area contributed by atoms with Crippen LogP contribution in [0.2, 0.25) is 0 Å². The van der Waals surface area contributed by atoms with Gasteiger partial charge >= 0.3 is 7.60 Å². The van der Waals surface area contributed by atoms with Crippen molar-refractivity contribution in [2.24, 2.45) is 11.7 Å². The van der Waals surface area contributed by atoms with Gasteiger partial charge in [0.25, 0.3) is 0 Å². The number of nitrogens with one attached hydrogen (secondary N) is 3. The van der Waals surface area contributed by atoms with Crippen LogP contribution in [0.25, 0.3) is 10.8 Å². The Balaban J connectivity index is 1.49. The Labute approximate surface area is 286 Å². The Hall–Kier alpha value is -4.31. The van der Waals surface area contributed by atoms with Crippen molar-refractivity contribution in [3.8, 4) is 0 Å². The van der Waals surface area contributed by atoms with Gasteiger partial charge in [-0.1, -0.05) is 98.1 Å². The Morgan fingerprint density at radius 3 is 2.37 bits per heavy atom. The third-order valence-electron chi connectivity index (χ3n) is 9.54. The van der Waals surface area contributed by atoms with Crippen molar-refractivity contribution in [3.05, 3.63) is 95.6 Å². The molecule has 3 atom stereocenters. The van der Waals surface area contributed by atoms with E-state index in [2.05, 4.69) is 28.1 Å². The van der Waals surface area contributed by atoms with Crippen molar-refractivity contribution in [1.82, 2.24) is 16.0 Å². The van der Waals surface area contributed by atoms with Crippen molar-refractivity contribution >= 4 is 42.0 Å². The zero-order valence-corrected chi connectivity index (χ0v) is 28.4. The van der Waals surface area contributed by atoms with E-state index in [9.17, 15) is 33.5 Å². The minimum atomic E-state index is -4.25. The molecule has 260 valence electrons. The standard InChI is InChI=1S/C37H45N4O7P/c38-33(42)22-32-35(44)39-23-26(20-30-12-7-10-28-9-2-3-13-31(28)30)8-6-11-29(27-16-14-25(15-17-27)24-49(46,47)48)21-34(43)41-37(36(45)40-32)18-4-1-5-19-37/h2-3,6-7,9-17,26,29,32H,1,4-5,8,18-24H2,(H2,38,42)(H,39,44)(H,40,45)(H,41,43)(H2,46,47,48)/b11-6+/t26-,29+,32-/m0/s1. The first-order chi connectivity index (χ1) is 23.4. The molecule has 0 unspecified atom stereocenters. The van der Waals surface area contributed by atoms with Crippen LogP contribution in [0, 0.1) is 5.92 Å². The first kappa shape index (κ1) is 36.0. The second kappa shape index (κ2) is 15.9. The lowest BCUT2D eigenvalue weighted by molar-refractivity contribution is -0.138. The highest BCUT2D eigenvalue weighted by Crippen LogP contribution is 2.39. The molecule has 5 rings (SSSR count). The highest BCUT2D eigenvalue weighted by atomic mass is 31.2. The number of fused-ring (bicyclic) bond motifs is 1. The molecule has 1 aliphatic heterocycles. The lowest BCUT2D eigenvalue weighted by atomic mass is 9.80. The van der Waals surface area contributed by atoms with E-state index in [4.69, 9.17) is 5.73 Å². The maximum atomic E-state index is 13.9. The third kappa shape index (κ3) is 9.88. The Bertz CT molecular complexity index is 1740. The fraction of sp³-hybridized carbons (Fsp3) is 0.405. The first-order valence-corrected chi connectivity index (χ1v) is 18.7. The van der Waals surface area contributed by atoms with Crippen molar-refractivity contribution in [2.75, 3.05) is 6.54 Å². The molecule has 49 heavy (non-hydrogen) atoms. The predicted molar refractivity (Wildman–Crippen MR) is 187 cm³/mol. The van der Waals surface area contributed by atoms with Gasteiger partial charge in [-0.15, -0.1) is 0 Å². The maximum Gasteiger partial charge on any atom is 0.329 e. The molecule has 1 aliphatic carbocycles. The molecule has 0 saturated heterocycles. The molecule has 11 nitrogen and oxygen atoms in total. The topological polar surface area (TPSA) is 188 Å². The number of benzene rings is 3. The smallest absolute Gasteiger partial charge is 0.329 e. The van der Waals surface area contributed by atoms with E-state index < -0.39 is 42.8 Å². The van der Waals surface area contributed by atoms with E-state index in [1.54, 1.807) is 24.3 Å². The van der Waals surface area contributed by atoms with Gasteiger partial charge in [0, 0.05) is 18.9 Å². The molecular weight excluding hydrogens is 643 g/mol. The van der Waals surface area contributed by atoms with Crippen LogP contribution in [0.3, 0.4) is 0 Å². The molecule has 7 N–H and O–H groups in total. The lowest BCUT2D eigenvalue weighted by Gasteiger charge is -2.38. The summed E-state index contributed by atoms with van der Waals surface area (Å²) in [7, 11) is -4.25. The number of primary amides is 1. The molecule has 0 bridgehead atoms. The van der Waals surface area contributed by atoms with Crippen LogP contribution < -0.4 is 21.7 Å². The Morgan fingerprint density at radius 2 is 1.65 bits per heavy atom. The molecular formula is C37H45N4O7P. The first-order valence-electron chi connectivity index (χ1n) is 16.9. The average molecular weight is 689 g/mol. The van der Waals surface area contributed by atoms with Gasteiger partial charge < -0.3 is 31.5 Å². The number of carbonyl (C=O) groups excluding carboxylic acids is 4. The third-order valence-corrected chi connectivity index (χ3v) is 10.3. The molecule has 1 fully saturated rings. The monoisotopic (exact) mass is 688 g/mol. The van der Waals surface area contributed by atoms with Crippen LogP contribution in [0.5, 0.6) is 0 Å². The summed E-state index contributed by atoms with van der Waals surface area (Å²) in [6.07, 6.45) is 7.50. The van der Waals surface area contributed by atoms with E-state index in [1.807, 2.05) is 42.5 Å². The SMILES string of the molecule is NC(=O)C[C@@H]1NC(=O)C2(CCCCC2)NC(=O)C[C@H](c2ccc(CP(=O)(O)O)cc2)/C=C/C[C@@H](Cc2cccc3ccccc23)CNC1=O. The lowest BCUT2D eigenvalue weighted by Crippen LogP contribution is -2.63. The second-order valence-electron chi connectivity index (χ2n) is 13.4. The minimum absolute atomic E-state index is 0.0270. The van der Waals surface area contributed by atoms with Gasteiger partial charge in [0.05, 0.1) is 12.6 Å². The predicted octanol–water partition coefficient (Wildman–Crippen LogP) is 4.11. The number of rotatable bonds is 7. The second-order valence-corrected chi connectivity index (χ2v) is 15.0. The van der Waals surface area contributed by atoms with E-state index in [-0.39, 0.29) is 37.4 Å². The molecule has 3 aromatic rings. The van der Waals surface area contributed by atoms with Crippen molar-refractivity contribution in [1.29, 1.82) is 0 Å². The zero-order chi connectivity index (χ0) is 35.0. The molecule has 1 heterocycles. The van der Waals surface area contributed by atoms with Crippen LogP contribution >= 0.6 is 7.60 Å². The van der Waals surface area contributed by atoms with Crippen LogP contribution in [-0.4, -0.2) is 51.5 Å². The summed E-state index contributed by atoms with van der Waals surface area (Å²) >= 11 is 0. The molecule has 1 spiro atoms. The summed E-state index contributed by atoms with van der Waals surface area (Å²) in [6, 6.07) is 19.9. The number of allylic oxidation sites excluding steroid dienone is 2. The summed E-state index contributed by atoms with van der Waals surface area (Å²) in [5.41, 5.74) is 6.64. The van der Waals surface area contributed by atoms with Crippen LogP contribution in [0.4, 0.5) is 0 Å². The van der Waals surface area contributed by atoms with Crippen molar-refractivity contribution in [3.63, 3.8) is 0 Å². The van der Waals surface area contributed by atoms with E-state index in [0.717, 1.165) is 28.3 Å². The molecule has 3 aromatic carbocycles. The maximum absolute atomic E-state index is 13.9. The van der Waals surface area contributed by atoms with Gasteiger partial charge in [0.15, 0.2) is 0 Å². The normalized spacial score (nSPS) is 23.1. The molecule has 1 saturated carbocycles. The molecule has 2 aliphatic rings. The number of hydrogen-bond donors (Lipinski definition) is 6. The largest absolute Gasteiger partial charge is 0.370 e. The quantitative estimate of drug-likeness (QED) is 0.159. The van der Waals surface area contributed by atoms with E-state index >= 15 is 0 Å². The van der Waals surface area contributed by atoms with Crippen molar-refractivity contribution < 1.29 is 33.5 Å². The summed E-state index contributed by atoms with van der Waals surface area (Å²) in [4.78, 5) is 72.1. The minimum Gasteiger partial charge on any atom is -0.370 e. The summed E-state index contributed by atoms with van der Waals surface area (Å²) in [6.45, 7) is 0.265. The van der Waals surface area contributed by atoms with Crippen LogP contribution in [0.1, 0.15) is 74.0 Å². The number of carbonyl (C=O) groups is 4. The Morgan fingerprint density at radius 1 is 0.939 bits per heavy atom. The van der Waals surface area contributed by atoms with Gasteiger partial charge in [0.1, 0.15) is 11.6 Å². The average Bonchev–Trinajstić information content (AvgIpc) is 3.06. The summed E-state index contributed by atoms with van der Waals surface area (Å²) in [5.74, 6) is -2.58. The van der Waals surface area contributed by atoms with Crippen LogP contribution in [0.15, 0.2) is 78.9 Å². The van der Waals surface area contributed by atoms with Crippen LogP contribution in [-0.2, 0) is 36.3 Å². The van der Waals surface area contributed by atoms with Gasteiger partial charge in [-0.25, -0.2) is 0 Å². The van der Waals surface area contributed by atoms with Gasteiger partial charge in [-0.2, -0.15) is 0 Å². The number of amides is 4.